The third-order valence-electron chi connectivity index (χ3n) is 4.80. The van der Waals surface area contributed by atoms with Gasteiger partial charge in [0.25, 0.3) is 0 Å². The van der Waals surface area contributed by atoms with E-state index in [0.717, 1.165) is 0 Å². The summed E-state index contributed by atoms with van der Waals surface area (Å²) in [6, 6.07) is -1.04. The molecule has 0 saturated carbocycles. The zero-order valence-electron chi connectivity index (χ0n) is 17.6. The third-order valence-corrected chi connectivity index (χ3v) is 4.80. The predicted molar refractivity (Wildman–Crippen MR) is 111 cm³/mol. The molecule has 2 amide bonds. The Hall–Kier alpha value is -3.57. The number of hydrogen-bond acceptors (Lipinski definition) is 8. The van der Waals surface area contributed by atoms with Gasteiger partial charge in [-0.1, -0.05) is 19.1 Å². The van der Waals surface area contributed by atoms with Crippen molar-refractivity contribution in [2.45, 2.75) is 58.0 Å². The molecule has 2 rings (SSSR count). The standard InChI is InChI=1S/C19H28N8O4/c1-11(2)13(4-3-5-17(29)30)24-18(31)15(6-7-16(20)28)27-10-14(25-26-27)12-8-22-19(21)23-9-12/h8-11,13,15H,3-7H2,1-2H3,(H2,20,28)(H,24,31)(H,29,30)(H2,21,22,23)/t13?,15-/m1/s1. The molecular weight excluding hydrogens is 404 g/mol. The van der Waals surface area contributed by atoms with E-state index in [1.165, 1.54) is 17.1 Å². The second-order valence-electron chi connectivity index (χ2n) is 7.58. The summed E-state index contributed by atoms with van der Waals surface area (Å²) in [4.78, 5) is 43.0. The smallest absolute Gasteiger partial charge is 0.303 e. The monoisotopic (exact) mass is 432 g/mol. The van der Waals surface area contributed by atoms with Gasteiger partial charge in [-0.15, -0.1) is 5.10 Å². The number of nitrogens with zero attached hydrogens (tertiary/aromatic N) is 5. The average molecular weight is 432 g/mol. The Balaban J connectivity index is 2.18. The highest BCUT2D eigenvalue weighted by molar-refractivity contribution is 5.82. The fourth-order valence-electron chi connectivity index (χ4n) is 3.02. The van der Waals surface area contributed by atoms with Crippen LogP contribution >= 0.6 is 0 Å². The van der Waals surface area contributed by atoms with E-state index >= 15 is 0 Å². The number of carboxylic acids is 1. The van der Waals surface area contributed by atoms with Crippen LogP contribution in [0.3, 0.4) is 0 Å². The lowest BCUT2D eigenvalue weighted by atomic mass is 9.97. The third kappa shape index (κ3) is 7.32. The summed E-state index contributed by atoms with van der Waals surface area (Å²) in [6.45, 7) is 3.89. The molecule has 2 heterocycles. The van der Waals surface area contributed by atoms with Crippen molar-refractivity contribution in [3.05, 3.63) is 18.6 Å². The molecule has 0 aliphatic rings. The number of carbonyl (C=O) groups is 3. The molecule has 1 unspecified atom stereocenters. The maximum atomic E-state index is 13.0. The molecule has 0 bridgehead atoms. The van der Waals surface area contributed by atoms with Crippen LogP contribution in [-0.2, 0) is 14.4 Å². The Morgan fingerprint density at radius 2 is 1.84 bits per heavy atom. The Kier molecular flexibility index (Phi) is 8.41. The zero-order chi connectivity index (χ0) is 23.0. The minimum atomic E-state index is -0.880. The number of rotatable bonds is 12. The molecule has 12 heteroatoms. The molecule has 0 radical (unpaired) electrons. The van der Waals surface area contributed by atoms with Crippen molar-refractivity contribution >= 4 is 23.7 Å². The van der Waals surface area contributed by atoms with Crippen LogP contribution in [-0.4, -0.2) is 53.9 Å². The number of primary amides is 1. The molecule has 168 valence electrons. The highest BCUT2D eigenvalue weighted by atomic mass is 16.4. The van der Waals surface area contributed by atoms with Crippen molar-refractivity contribution in [2.75, 3.05) is 5.73 Å². The number of nitrogens with two attached hydrogens (primary N) is 2. The van der Waals surface area contributed by atoms with E-state index in [1.54, 1.807) is 6.20 Å². The van der Waals surface area contributed by atoms with Crippen LogP contribution in [0, 0.1) is 5.92 Å². The van der Waals surface area contributed by atoms with Crippen molar-refractivity contribution in [3.63, 3.8) is 0 Å². The highest BCUT2D eigenvalue weighted by Gasteiger charge is 2.26. The van der Waals surface area contributed by atoms with Gasteiger partial charge in [-0.2, -0.15) is 0 Å². The Morgan fingerprint density at radius 3 is 2.42 bits per heavy atom. The number of carboxylic acid groups (broad SMARTS) is 1. The molecule has 0 aliphatic carbocycles. The van der Waals surface area contributed by atoms with Gasteiger partial charge in [-0.3, -0.25) is 14.4 Å². The summed E-state index contributed by atoms with van der Waals surface area (Å²) in [5, 5.41) is 19.9. The fourth-order valence-corrected chi connectivity index (χ4v) is 3.02. The van der Waals surface area contributed by atoms with Gasteiger partial charge in [-0.05, 0) is 25.2 Å². The number of hydrogen-bond donors (Lipinski definition) is 4. The lowest BCUT2D eigenvalue weighted by Crippen LogP contribution is -2.43. The first kappa shape index (κ1) is 23.7. The second kappa shape index (κ2) is 11.0. The van der Waals surface area contributed by atoms with Crippen LogP contribution in [0.25, 0.3) is 11.3 Å². The van der Waals surface area contributed by atoms with Crippen LogP contribution in [0.5, 0.6) is 0 Å². The molecule has 2 aromatic rings. The van der Waals surface area contributed by atoms with Gasteiger partial charge in [0, 0.05) is 36.8 Å². The number of anilines is 1. The first-order valence-electron chi connectivity index (χ1n) is 9.97. The average Bonchev–Trinajstić information content (AvgIpc) is 3.17. The summed E-state index contributed by atoms with van der Waals surface area (Å²) in [5.74, 6) is -1.55. The van der Waals surface area contributed by atoms with Crippen molar-refractivity contribution in [3.8, 4) is 11.3 Å². The van der Waals surface area contributed by atoms with Crippen LogP contribution in [0.4, 0.5) is 5.95 Å². The number of nitrogen functional groups attached to an aromatic ring is 1. The lowest BCUT2D eigenvalue weighted by molar-refractivity contribution is -0.137. The number of aromatic nitrogens is 5. The Morgan fingerprint density at radius 1 is 1.16 bits per heavy atom. The molecule has 6 N–H and O–H groups in total. The largest absolute Gasteiger partial charge is 0.481 e. The van der Waals surface area contributed by atoms with Gasteiger partial charge in [0.05, 0.1) is 6.20 Å². The van der Waals surface area contributed by atoms with Gasteiger partial charge >= 0.3 is 5.97 Å². The maximum absolute atomic E-state index is 13.0. The molecule has 2 atom stereocenters. The van der Waals surface area contributed by atoms with Gasteiger partial charge in [0.15, 0.2) is 0 Å². The molecule has 0 saturated heterocycles. The van der Waals surface area contributed by atoms with Gasteiger partial charge in [0.2, 0.25) is 17.8 Å². The number of nitrogens with one attached hydrogen (secondary N) is 1. The summed E-state index contributed by atoms with van der Waals surface area (Å²) in [5.41, 5.74) is 11.8. The Labute approximate surface area is 179 Å². The van der Waals surface area contributed by atoms with Gasteiger partial charge in [0.1, 0.15) is 11.7 Å². The summed E-state index contributed by atoms with van der Waals surface area (Å²) in [6.07, 6.45) is 5.67. The molecule has 2 aromatic heterocycles. The fraction of sp³-hybridized carbons (Fsp3) is 0.526. The van der Waals surface area contributed by atoms with E-state index in [9.17, 15) is 14.4 Å². The van der Waals surface area contributed by atoms with Crippen LogP contribution in [0.15, 0.2) is 18.6 Å². The van der Waals surface area contributed by atoms with E-state index in [0.29, 0.717) is 24.1 Å². The van der Waals surface area contributed by atoms with Crippen molar-refractivity contribution in [1.82, 2.24) is 30.3 Å². The Bertz CT molecular complexity index is 897. The van der Waals surface area contributed by atoms with E-state index < -0.39 is 17.9 Å². The zero-order valence-corrected chi connectivity index (χ0v) is 17.6. The van der Waals surface area contributed by atoms with E-state index in [4.69, 9.17) is 16.6 Å². The van der Waals surface area contributed by atoms with Crippen LogP contribution in [0.1, 0.15) is 52.0 Å². The van der Waals surface area contributed by atoms with Crippen molar-refractivity contribution in [2.24, 2.45) is 11.7 Å². The molecule has 0 aromatic carbocycles. The van der Waals surface area contributed by atoms with Gasteiger partial charge < -0.3 is 21.9 Å². The summed E-state index contributed by atoms with van der Waals surface area (Å²) in [7, 11) is 0. The quantitative estimate of drug-likeness (QED) is 0.370. The maximum Gasteiger partial charge on any atom is 0.303 e. The number of amides is 2. The van der Waals surface area contributed by atoms with Gasteiger partial charge in [-0.25, -0.2) is 14.6 Å². The molecule has 0 aliphatic heterocycles. The SMILES string of the molecule is CC(C)C(CCCC(=O)O)NC(=O)[C@@H](CCC(N)=O)n1cc(-c2cnc(N)nc2)nn1. The molecule has 31 heavy (non-hydrogen) atoms. The van der Waals surface area contributed by atoms with Crippen LogP contribution < -0.4 is 16.8 Å². The first-order chi connectivity index (χ1) is 14.7. The first-order valence-corrected chi connectivity index (χ1v) is 9.97. The number of carbonyl (C=O) groups excluding carboxylic acids is 2. The van der Waals surface area contributed by atoms with E-state index in [-0.39, 0.29) is 43.1 Å². The van der Waals surface area contributed by atoms with E-state index in [1.807, 2.05) is 13.8 Å². The normalized spacial score (nSPS) is 13.0. The minimum absolute atomic E-state index is 0.0103. The lowest BCUT2D eigenvalue weighted by Gasteiger charge is -2.25. The predicted octanol–water partition coefficient (Wildman–Crippen LogP) is 0.520. The highest BCUT2D eigenvalue weighted by Crippen LogP contribution is 2.20. The topological polar surface area (TPSA) is 192 Å². The van der Waals surface area contributed by atoms with Crippen molar-refractivity contribution < 1.29 is 19.5 Å². The molecule has 0 spiro atoms. The minimum Gasteiger partial charge on any atom is -0.481 e. The number of aliphatic carboxylic acids is 1. The second-order valence-corrected chi connectivity index (χ2v) is 7.58. The summed E-state index contributed by atoms with van der Waals surface area (Å²) < 4.78 is 1.37. The molecular formula is C19H28N8O4. The summed E-state index contributed by atoms with van der Waals surface area (Å²) >= 11 is 0. The molecule has 12 nitrogen and oxygen atoms in total. The van der Waals surface area contributed by atoms with Crippen LogP contribution in [0.2, 0.25) is 0 Å². The van der Waals surface area contributed by atoms with Crippen molar-refractivity contribution in [1.29, 1.82) is 0 Å². The molecule has 0 fully saturated rings. The van der Waals surface area contributed by atoms with E-state index in [2.05, 4.69) is 25.6 Å².